The zero-order chi connectivity index (χ0) is 18.9. The molecule has 2 fully saturated rings. The van der Waals surface area contributed by atoms with Gasteiger partial charge in [0, 0.05) is 38.7 Å². The van der Waals surface area contributed by atoms with Crippen molar-refractivity contribution in [1.82, 2.24) is 20.1 Å². The second kappa shape index (κ2) is 7.37. The Morgan fingerprint density at radius 2 is 2.15 bits per heavy atom. The molecule has 6 nitrogen and oxygen atoms in total. The third kappa shape index (κ3) is 3.35. The minimum absolute atomic E-state index is 0.0518. The lowest BCUT2D eigenvalue weighted by molar-refractivity contribution is -0.133. The van der Waals surface area contributed by atoms with Gasteiger partial charge in [0.25, 0.3) is 5.91 Å². The Labute approximate surface area is 159 Å². The minimum atomic E-state index is -0.394. The average Bonchev–Trinajstić information content (AvgIpc) is 2.89. The number of rotatable bonds is 4. The van der Waals surface area contributed by atoms with E-state index >= 15 is 0 Å². The zero-order valence-corrected chi connectivity index (χ0v) is 16.0. The molecule has 0 aliphatic carbocycles. The minimum Gasteiger partial charge on any atom is -0.338 e. The molecule has 2 aliphatic rings. The topological polar surface area (TPSA) is 65.5 Å². The Hall–Kier alpha value is -1.92. The van der Waals surface area contributed by atoms with Crippen LogP contribution in [0.25, 0.3) is 0 Å². The molecule has 0 aromatic carbocycles. The standard InChI is InChI=1S/C19H25ClN4O2/c1-4-9-24-18(26)16(13(2)3)22-19(24)7-10-23(11-8-19)17(25)14-5-6-15(20)21-12-14/h4-6,12-13,16,22H,1,7-11H2,2-3H3. The maximum absolute atomic E-state index is 12.8. The van der Waals surface area contributed by atoms with Gasteiger partial charge in [-0.3, -0.25) is 14.9 Å². The summed E-state index contributed by atoms with van der Waals surface area (Å²) in [5.74, 6) is 0.291. The fourth-order valence-corrected chi connectivity index (χ4v) is 3.94. The number of hydrogen-bond acceptors (Lipinski definition) is 4. The van der Waals surface area contributed by atoms with Crippen LogP contribution >= 0.6 is 11.6 Å². The van der Waals surface area contributed by atoms with E-state index in [9.17, 15) is 9.59 Å². The van der Waals surface area contributed by atoms with Gasteiger partial charge < -0.3 is 9.80 Å². The van der Waals surface area contributed by atoms with Gasteiger partial charge in [0.05, 0.1) is 17.3 Å². The highest BCUT2D eigenvalue weighted by Crippen LogP contribution is 2.34. The molecule has 3 heterocycles. The molecule has 0 bridgehead atoms. The lowest BCUT2D eigenvalue weighted by atomic mass is 9.95. The van der Waals surface area contributed by atoms with Crippen LogP contribution in [0.15, 0.2) is 31.0 Å². The highest BCUT2D eigenvalue weighted by molar-refractivity contribution is 6.29. The largest absolute Gasteiger partial charge is 0.338 e. The number of pyridine rings is 1. The monoisotopic (exact) mass is 376 g/mol. The Kier molecular flexibility index (Phi) is 5.34. The second-order valence-electron chi connectivity index (χ2n) is 7.30. The Balaban J connectivity index is 1.73. The van der Waals surface area contributed by atoms with E-state index < -0.39 is 5.66 Å². The first-order valence-electron chi connectivity index (χ1n) is 8.99. The molecule has 0 radical (unpaired) electrons. The molecule has 3 rings (SSSR count). The van der Waals surface area contributed by atoms with E-state index in [2.05, 4.69) is 16.9 Å². The van der Waals surface area contributed by atoms with E-state index in [-0.39, 0.29) is 23.8 Å². The Bertz CT molecular complexity index is 696. The molecule has 7 heteroatoms. The van der Waals surface area contributed by atoms with Crippen molar-refractivity contribution in [2.45, 2.75) is 38.4 Å². The molecular formula is C19H25ClN4O2. The van der Waals surface area contributed by atoms with Crippen molar-refractivity contribution in [3.8, 4) is 0 Å². The number of hydrogen-bond donors (Lipinski definition) is 1. The summed E-state index contributed by atoms with van der Waals surface area (Å²) in [6.45, 7) is 9.57. The lowest BCUT2D eigenvalue weighted by Crippen LogP contribution is -2.59. The van der Waals surface area contributed by atoms with Gasteiger partial charge in [0.1, 0.15) is 5.15 Å². The third-order valence-corrected chi connectivity index (χ3v) is 5.53. The summed E-state index contributed by atoms with van der Waals surface area (Å²) in [7, 11) is 0. The van der Waals surface area contributed by atoms with Crippen LogP contribution in [0.4, 0.5) is 0 Å². The normalized spacial score (nSPS) is 22.3. The van der Waals surface area contributed by atoms with E-state index in [0.717, 1.165) is 0 Å². The van der Waals surface area contributed by atoms with Gasteiger partial charge in [0.15, 0.2) is 0 Å². The lowest BCUT2D eigenvalue weighted by Gasteiger charge is -2.44. The summed E-state index contributed by atoms with van der Waals surface area (Å²) >= 11 is 5.79. The number of piperidine rings is 1. The SMILES string of the molecule is C=CCN1C(=O)C(C(C)C)NC12CCN(C(=O)c1ccc(Cl)nc1)CC2. The summed E-state index contributed by atoms with van der Waals surface area (Å²) in [4.78, 5) is 33.2. The van der Waals surface area contributed by atoms with E-state index in [1.165, 1.54) is 6.20 Å². The molecule has 2 amide bonds. The first-order valence-corrected chi connectivity index (χ1v) is 9.36. The highest BCUT2D eigenvalue weighted by Gasteiger charge is 2.52. The van der Waals surface area contributed by atoms with Crippen molar-refractivity contribution in [2.24, 2.45) is 5.92 Å². The fourth-order valence-electron chi connectivity index (χ4n) is 3.83. The van der Waals surface area contributed by atoms with Gasteiger partial charge in [-0.25, -0.2) is 4.98 Å². The van der Waals surface area contributed by atoms with Crippen molar-refractivity contribution in [3.05, 3.63) is 41.7 Å². The van der Waals surface area contributed by atoms with E-state index in [0.29, 0.717) is 43.2 Å². The number of nitrogens with zero attached hydrogens (tertiary/aromatic N) is 3. The Morgan fingerprint density at radius 3 is 2.69 bits per heavy atom. The third-order valence-electron chi connectivity index (χ3n) is 5.30. The molecule has 2 saturated heterocycles. The van der Waals surface area contributed by atoms with Crippen LogP contribution < -0.4 is 5.32 Å². The average molecular weight is 377 g/mol. The molecule has 1 spiro atoms. The molecule has 1 atom stereocenters. The molecule has 26 heavy (non-hydrogen) atoms. The zero-order valence-electron chi connectivity index (χ0n) is 15.2. The second-order valence-corrected chi connectivity index (χ2v) is 7.68. The number of likely N-dealkylation sites (tertiary alicyclic amines) is 1. The summed E-state index contributed by atoms with van der Waals surface area (Å²) in [6, 6.07) is 3.13. The van der Waals surface area contributed by atoms with Crippen molar-refractivity contribution in [1.29, 1.82) is 0 Å². The van der Waals surface area contributed by atoms with Gasteiger partial charge >= 0.3 is 0 Å². The molecule has 1 aromatic heterocycles. The van der Waals surface area contributed by atoms with Crippen molar-refractivity contribution >= 4 is 23.4 Å². The van der Waals surface area contributed by atoms with E-state index in [4.69, 9.17) is 11.6 Å². The van der Waals surface area contributed by atoms with Crippen LogP contribution in [0.5, 0.6) is 0 Å². The summed E-state index contributed by atoms with van der Waals surface area (Å²) in [5.41, 5.74) is 0.138. The Morgan fingerprint density at radius 1 is 1.46 bits per heavy atom. The molecule has 1 unspecified atom stereocenters. The maximum Gasteiger partial charge on any atom is 0.255 e. The van der Waals surface area contributed by atoms with Crippen molar-refractivity contribution in [3.63, 3.8) is 0 Å². The predicted molar refractivity (Wildman–Crippen MR) is 101 cm³/mol. The molecule has 2 aliphatic heterocycles. The number of halogens is 1. The molecule has 1 N–H and O–H groups in total. The highest BCUT2D eigenvalue weighted by atomic mass is 35.5. The molecule has 140 valence electrons. The molecular weight excluding hydrogens is 352 g/mol. The maximum atomic E-state index is 12.8. The van der Waals surface area contributed by atoms with Gasteiger partial charge in [-0.15, -0.1) is 6.58 Å². The van der Waals surface area contributed by atoms with E-state index in [1.807, 2.05) is 23.6 Å². The fraction of sp³-hybridized carbons (Fsp3) is 0.526. The van der Waals surface area contributed by atoms with Gasteiger partial charge in [0.2, 0.25) is 5.91 Å². The first-order chi connectivity index (χ1) is 12.4. The number of amides is 2. The quantitative estimate of drug-likeness (QED) is 0.647. The smallest absolute Gasteiger partial charge is 0.255 e. The first kappa shape index (κ1) is 18.9. The van der Waals surface area contributed by atoms with Gasteiger partial charge in [-0.2, -0.15) is 0 Å². The van der Waals surface area contributed by atoms with Crippen LogP contribution in [0.1, 0.15) is 37.0 Å². The van der Waals surface area contributed by atoms with Gasteiger partial charge in [-0.05, 0) is 18.1 Å². The van der Waals surface area contributed by atoms with Crippen LogP contribution in [0.2, 0.25) is 5.15 Å². The van der Waals surface area contributed by atoms with Crippen LogP contribution in [0, 0.1) is 5.92 Å². The molecule has 0 saturated carbocycles. The van der Waals surface area contributed by atoms with Crippen LogP contribution in [0.3, 0.4) is 0 Å². The van der Waals surface area contributed by atoms with Crippen LogP contribution in [-0.4, -0.2) is 57.9 Å². The summed E-state index contributed by atoms with van der Waals surface area (Å²) in [6.07, 6.45) is 4.66. The summed E-state index contributed by atoms with van der Waals surface area (Å²) < 4.78 is 0. The van der Waals surface area contributed by atoms with Crippen molar-refractivity contribution in [2.75, 3.05) is 19.6 Å². The molecule has 1 aromatic rings. The van der Waals surface area contributed by atoms with Gasteiger partial charge in [-0.1, -0.05) is 31.5 Å². The van der Waals surface area contributed by atoms with Crippen LogP contribution in [-0.2, 0) is 4.79 Å². The number of nitrogens with one attached hydrogen (secondary N) is 1. The number of aromatic nitrogens is 1. The van der Waals surface area contributed by atoms with E-state index in [1.54, 1.807) is 18.2 Å². The summed E-state index contributed by atoms with van der Waals surface area (Å²) in [5, 5.41) is 3.93. The predicted octanol–water partition coefficient (Wildman–Crippen LogP) is 2.31. The van der Waals surface area contributed by atoms with Crippen molar-refractivity contribution < 1.29 is 9.59 Å². The number of carbonyl (C=O) groups excluding carboxylic acids is 2. The number of carbonyl (C=O) groups is 2.